The van der Waals surface area contributed by atoms with Crippen LogP contribution in [0.4, 0.5) is 4.39 Å². The Bertz CT molecular complexity index is 714. The second kappa shape index (κ2) is 7.32. The Morgan fingerprint density at radius 3 is 2.75 bits per heavy atom. The van der Waals surface area contributed by atoms with Crippen LogP contribution in [-0.4, -0.2) is 29.3 Å². The number of nitrogens with zero attached hydrogens (tertiary/aromatic N) is 2. The third kappa shape index (κ3) is 3.76. The number of carbonyl (C=O) groups is 1. The average molecular weight is 353 g/mol. The number of amides is 1. The average Bonchev–Trinajstić information content (AvgIpc) is 3.22. The van der Waals surface area contributed by atoms with E-state index < -0.39 is 6.04 Å². The van der Waals surface area contributed by atoms with Crippen LogP contribution in [0.5, 0.6) is 0 Å². The Kier molecular flexibility index (Phi) is 5.62. The van der Waals surface area contributed by atoms with Gasteiger partial charge in [0.15, 0.2) is 0 Å². The van der Waals surface area contributed by atoms with Gasteiger partial charge in [0, 0.05) is 30.8 Å². The van der Waals surface area contributed by atoms with E-state index in [0.717, 1.165) is 24.0 Å². The van der Waals surface area contributed by atoms with E-state index >= 15 is 0 Å². The van der Waals surface area contributed by atoms with Crippen molar-refractivity contribution in [2.45, 2.75) is 24.3 Å². The molecule has 1 aliphatic carbocycles. The molecule has 1 saturated carbocycles. The van der Waals surface area contributed by atoms with E-state index in [0.29, 0.717) is 6.54 Å². The van der Waals surface area contributed by atoms with Crippen molar-refractivity contribution in [1.29, 1.82) is 0 Å². The molecule has 0 bridgehead atoms. The lowest BCUT2D eigenvalue weighted by molar-refractivity contribution is -0.123. The molecule has 1 aliphatic rings. The zero-order valence-electron chi connectivity index (χ0n) is 13.8. The maximum Gasteiger partial charge on any atom is 0.241 e. The lowest BCUT2D eigenvalue weighted by Crippen LogP contribution is -2.39. The van der Waals surface area contributed by atoms with Gasteiger partial charge in [0.2, 0.25) is 5.91 Å². The van der Waals surface area contributed by atoms with Crippen molar-refractivity contribution >= 4 is 18.3 Å². The molecule has 0 spiro atoms. The second-order valence-electron chi connectivity index (χ2n) is 6.18. The van der Waals surface area contributed by atoms with Crippen molar-refractivity contribution in [3.63, 3.8) is 0 Å². The Morgan fingerprint density at radius 1 is 1.46 bits per heavy atom. The summed E-state index contributed by atoms with van der Waals surface area (Å²) in [6.07, 6.45) is 5.43. The van der Waals surface area contributed by atoms with Gasteiger partial charge in [-0.2, -0.15) is 5.10 Å². The first-order chi connectivity index (χ1) is 11.0. The number of benzene rings is 1. The maximum absolute atomic E-state index is 13.4. The molecular formula is C17H22ClFN4O. The highest BCUT2D eigenvalue weighted by Gasteiger charge is 2.44. The van der Waals surface area contributed by atoms with Gasteiger partial charge in [0.25, 0.3) is 0 Å². The van der Waals surface area contributed by atoms with Crippen molar-refractivity contribution in [2.24, 2.45) is 7.05 Å². The van der Waals surface area contributed by atoms with Crippen LogP contribution in [0.2, 0.25) is 0 Å². The number of rotatable bonds is 6. The van der Waals surface area contributed by atoms with Crippen molar-refractivity contribution in [3.05, 3.63) is 53.6 Å². The van der Waals surface area contributed by atoms with Crippen LogP contribution >= 0.6 is 12.4 Å². The van der Waals surface area contributed by atoms with Gasteiger partial charge in [0.05, 0.1) is 6.20 Å². The van der Waals surface area contributed by atoms with Crippen molar-refractivity contribution in [3.8, 4) is 0 Å². The molecule has 0 saturated heterocycles. The third-order valence-corrected chi connectivity index (χ3v) is 4.50. The summed E-state index contributed by atoms with van der Waals surface area (Å²) in [5.41, 5.74) is 1.66. The summed E-state index contributed by atoms with van der Waals surface area (Å²) in [5, 5.41) is 10.1. The SMILES string of the molecule is CNC(C(=O)NCC1(c2cccc(F)c2)CC1)c1cnn(C)c1.Cl. The van der Waals surface area contributed by atoms with Gasteiger partial charge in [-0.05, 0) is 37.6 Å². The summed E-state index contributed by atoms with van der Waals surface area (Å²) in [4.78, 5) is 12.5. The van der Waals surface area contributed by atoms with Gasteiger partial charge in [-0.1, -0.05) is 12.1 Å². The number of likely N-dealkylation sites (N-methyl/N-ethyl adjacent to an activating group) is 1. The molecule has 24 heavy (non-hydrogen) atoms. The molecule has 5 nitrogen and oxygen atoms in total. The van der Waals surface area contributed by atoms with E-state index in [1.807, 2.05) is 19.3 Å². The Morgan fingerprint density at radius 2 is 2.21 bits per heavy atom. The van der Waals surface area contributed by atoms with E-state index in [1.165, 1.54) is 6.07 Å². The monoisotopic (exact) mass is 352 g/mol. The number of aromatic nitrogens is 2. The first-order valence-corrected chi connectivity index (χ1v) is 7.74. The maximum atomic E-state index is 13.4. The number of nitrogens with one attached hydrogen (secondary N) is 2. The van der Waals surface area contributed by atoms with Gasteiger partial charge in [-0.25, -0.2) is 4.39 Å². The normalized spacial score (nSPS) is 16.1. The zero-order valence-corrected chi connectivity index (χ0v) is 14.6. The zero-order chi connectivity index (χ0) is 16.4. The van der Waals surface area contributed by atoms with E-state index in [2.05, 4.69) is 15.7 Å². The fourth-order valence-electron chi connectivity index (χ4n) is 2.93. The van der Waals surface area contributed by atoms with Crippen molar-refractivity contribution in [2.75, 3.05) is 13.6 Å². The molecule has 1 amide bonds. The molecule has 3 rings (SSSR count). The van der Waals surface area contributed by atoms with Crippen molar-refractivity contribution < 1.29 is 9.18 Å². The summed E-state index contributed by atoms with van der Waals surface area (Å²) < 4.78 is 15.1. The number of carbonyl (C=O) groups excluding carboxylic acids is 1. The molecular weight excluding hydrogens is 331 g/mol. The molecule has 130 valence electrons. The lowest BCUT2D eigenvalue weighted by atomic mass is 9.95. The minimum absolute atomic E-state index is 0. The lowest BCUT2D eigenvalue weighted by Gasteiger charge is -2.20. The molecule has 1 aromatic carbocycles. The smallest absolute Gasteiger partial charge is 0.241 e. The summed E-state index contributed by atoms with van der Waals surface area (Å²) in [5.74, 6) is -0.327. The van der Waals surface area contributed by atoms with Gasteiger partial charge in [-0.3, -0.25) is 9.48 Å². The highest BCUT2D eigenvalue weighted by Crippen LogP contribution is 2.47. The fraction of sp³-hybridized carbons (Fsp3) is 0.412. The minimum atomic E-state index is -0.438. The standard InChI is InChI=1S/C17H21FN4O.ClH/c1-19-15(12-9-21-22(2)10-12)16(23)20-11-17(6-7-17)13-4-3-5-14(18)8-13;/h3-5,8-10,15,19H,6-7,11H2,1-2H3,(H,20,23);1H. The summed E-state index contributed by atoms with van der Waals surface area (Å²) in [7, 11) is 3.56. The van der Waals surface area contributed by atoms with Crippen LogP contribution in [-0.2, 0) is 17.3 Å². The molecule has 1 unspecified atom stereocenters. The summed E-state index contributed by atoms with van der Waals surface area (Å²) in [6, 6.07) is 6.22. The van der Waals surface area contributed by atoms with Crippen LogP contribution in [0.15, 0.2) is 36.7 Å². The van der Waals surface area contributed by atoms with Gasteiger partial charge < -0.3 is 10.6 Å². The molecule has 1 aromatic heterocycles. The quantitative estimate of drug-likeness (QED) is 0.837. The van der Waals surface area contributed by atoms with Crippen LogP contribution in [0.25, 0.3) is 0 Å². The van der Waals surface area contributed by atoms with Gasteiger partial charge >= 0.3 is 0 Å². The van der Waals surface area contributed by atoms with Crippen molar-refractivity contribution in [1.82, 2.24) is 20.4 Å². The number of hydrogen-bond acceptors (Lipinski definition) is 3. The minimum Gasteiger partial charge on any atom is -0.354 e. The van der Waals surface area contributed by atoms with Gasteiger partial charge in [0.1, 0.15) is 11.9 Å². The Hall–Kier alpha value is -1.92. The summed E-state index contributed by atoms with van der Waals surface area (Å²) >= 11 is 0. The van der Waals surface area contributed by atoms with Crippen LogP contribution < -0.4 is 10.6 Å². The van der Waals surface area contributed by atoms with E-state index in [1.54, 1.807) is 30.1 Å². The molecule has 2 N–H and O–H groups in total. The van der Waals surface area contributed by atoms with E-state index in [-0.39, 0.29) is 29.5 Å². The first-order valence-electron chi connectivity index (χ1n) is 7.74. The Balaban J connectivity index is 0.00000208. The van der Waals surface area contributed by atoms with E-state index in [4.69, 9.17) is 0 Å². The predicted octanol–water partition coefficient (Wildman–Crippen LogP) is 2.09. The highest BCUT2D eigenvalue weighted by molar-refractivity contribution is 5.85. The van der Waals surface area contributed by atoms with Crippen LogP contribution in [0.1, 0.15) is 30.0 Å². The molecule has 1 heterocycles. The number of halogens is 2. The van der Waals surface area contributed by atoms with Crippen LogP contribution in [0, 0.1) is 5.82 Å². The first kappa shape index (κ1) is 18.4. The molecule has 2 aromatic rings. The fourth-order valence-corrected chi connectivity index (χ4v) is 2.93. The Labute approximate surface area is 147 Å². The largest absolute Gasteiger partial charge is 0.354 e. The second-order valence-corrected chi connectivity index (χ2v) is 6.18. The highest BCUT2D eigenvalue weighted by atomic mass is 35.5. The molecule has 1 fully saturated rings. The number of aryl methyl sites for hydroxylation is 1. The third-order valence-electron chi connectivity index (χ3n) is 4.50. The van der Waals surface area contributed by atoms with Crippen LogP contribution in [0.3, 0.4) is 0 Å². The van der Waals surface area contributed by atoms with E-state index in [9.17, 15) is 9.18 Å². The molecule has 1 atom stereocenters. The number of hydrogen-bond donors (Lipinski definition) is 2. The topological polar surface area (TPSA) is 59.0 Å². The molecule has 0 aliphatic heterocycles. The van der Waals surface area contributed by atoms with Gasteiger partial charge in [-0.15, -0.1) is 12.4 Å². The molecule has 0 radical (unpaired) electrons. The predicted molar refractivity (Wildman–Crippen MR) is 92.6 cm³/mol. The summed E-state index contributed by atoms with van der Waals surface area (Å²) in [6.45, 7) is 0.522. The molecule has 7 heteroatoms.